The fourth-order valence-electron chi connectivity index (χ4n) is 1.74. The van der Waals surface area contributed by atoms with Crippen LogP contribution in [-0.4, -0.2) is 15.7 Å². The van der Waals surface area contributed by atoms with Gasteiger partial charge in [0.2, 0.25) is 0 Å². The van der Waals surface area contributed by atoms with Crippen molar-refractivity contribution < 1.29 is 9.72 Å². The second-order valence-electron chi connectivity index (χ2n) is 4.19. The topological polar surface area (TPSA) is 73.1 Å². The average molecular weight is 256 g/mol. The van der Waals surface area contributed by atoms with Crippen LogP contribution in [-0.2, 0) is 6.42 Å². The fourth-order valence-corrected chi connectivity index (χ4v) is 1.74. The Hall–Kier alpha value is -2.56. The van der Waals surface area contributed by atoms with Crippen LogP contribution in [0.1, 0.15) is 21.6 Å². The number of carbonyl (C=O) groups excluding carboxylic acids is 1. The number of aryl methyl sites for hydroxylation is 1. The summed E-state index contributed by atoms with van der Waals surface area (Å²) in [5.74, 6) is -0.105. The largest absolute Gasteiger partial charge is 0.294 e. The summed E-state index contributed by atoms with van der Waals surface area (Å²) in [6, 6.07) is 10.2. The number of nitro groups is 1. The molecule has 0 amide bonds. The van der Waals surface area contributed by atoms with Crippen LogP contribution in [0, 0.1) is 17.0 Å². The minimum atomic E-state index is -0.465. The summed E-state index contributed by atoms with van der Waals surface area (Å²) >= 11 is 0. The standard InChI is InChI=1S/C14H12N2O3/c1-10-9-15-12(7-13(10)16(18)19)8-14(17)11-5-3-2-4-6-11/h2-7,9H,8H2,1H3. The molecule has 0 spiro atoms. The Morgan fingerprint density at radius 1 is 1.32 bits per heavy atom. The number of aromatic nitrogens is 1. The highest BCUT2D eigenvalue weighted by molar-refractivity contribution is 5.97. The van der Waals surface area contributed by atoms with Crippen molar-refractivity contribution in [1.29, 1.82) is 0 Å². The van der Waals surface area contributed by atoms with Gasteiger partial charge in [-0.3, -0.25) is 19.9 Å². The van der Waals surface area contributed by atoms with E-state index in [4.69, 9.17) is 0 Å². The Morgan fingerprint density at radius 2 is 2.00 bits per heavy atom. The van der Waals surface area contributed by atoms with Crippen molar-refractivity contribution in [1.82, 2.24) is 4.98 Å². The molecule has 2 rings (SSSR count). The molecule has 96 valence electrons. The van der Waals surface area contributed by atoms with Crippen LogP contribution in [0.4, 0.5) is 5.69 Å². The minimum absolute atomic E-state index is 0.00846. The van der Waals surface area contributed by atoms with Crippen LogP contribution >= 0.6 is 0 Å². The highest BCUT2D eigenvalue weighted by Crippen LogP contribution is 2.18. The lowest BCUT2D eigenvalue weighted by Gasteiger charge is -2.02. The molecule has 0 N–H and O–H groups in total. The van der Waals surface area contributed by atoms with Crippen LogP contribution in [0.3, 0.4) is 0 Å². The van der Waals surface area contributed by atoms with E-state index in [1.165, 1.54) is 12.3 Å². The average Bonchev–Trinajstić information content (AvgIpc) is 2.41. The van der Waals surface area contributed by atoms with Crippen molar-refractivity contribution >= 4 is 11.5 Å². The van der Waals surface area contributed by atoms with Crippen molar-refractivity contribution in [2.24, 2.45) is 0 Å². The van der Waals surface area contributed by atoms with E-state index in [1.54, 1.807) is 31.2 Å². The van der Waals surface area contributed by atoms with E-state index in [2.05, 4.69) is 4.98 Å². The van der Waals surface area contributed by atoms with Crippen LogP contribution < -0.4 is 0 Å². The predicted molar refractivity (Wildman–Crippen MR) is 70.1 cm³/mol. The lowest BCUT2D eigenvalue weighted by Crippen LogP contribution is -2.06. The molecule has 0 bridgehead atoms. The minimum Gasteiger partial charge on any atom is -0.294 e. The molecule has 5 heteroatoms. The molecular weight excluding hydrogens is 244 g/mol. The van der Waals surface area contributed by atoms with Crippen LogP contribution in [0.5, 0.6) is 0 Å². The third-order valence-corrected chi connectivity index (χ3v) is 2.77. The normalized spacial score (nSPS) is 10.2. The van der Waals surface area contributed by atoms with E-state index in [0.29, 0.717) is 16.8 Å². The first-order valence-electron chi connectivity index (χ1n) is 5.76. The number of pyridine rings is 1. The first kappa shape index (κ1) is 12.9. The van der Waals surface area contributed by atoms with Gasteiger partial charge in [0.25, 0.3) is 5.69 Å². The van der Waals surface area contributed by atoms with Crippen LogP contribution in [0.25, 0.3) is 0 Å². The summed E-state index contributed by atoms with van der Waals surface area (Å²) in [4.78, 5) is 26.4. The zero-order valence-electron chi connectivity index (χ0n) is 10.4. The van der Waals surface area contributed by atoms with Crippen molar-refractivity contribution in [2.45, 2.75) is 13.3 Å². The maximum absolute atomic E-state index is 12.0. The van der Waals surface area contributed by atoms with E-state index in [0.717, 1.165) is 0 Å². The summed E-state index contributed by atoms with van der Waals surface area (Å²) in [7, 11) is 0. The lowest BCUT2D eigenvalue weighted by atomic mass is 10.1. The van der Waals surface area contributed by atoms with Crippen molar-refractivity contribution in [3.8, 4) is 0 Å². The number of hydrogen-bond donors (Lipinski definition) is 0. The van der Waals surface area contributed by atoms with Gasteiger partial charge in [-0.05, 0) is 6.92 Å². The second-order valence-corrected chi connectivity index (χ2v) is 4.19. The van der Waals surface area contributed by atoms with Crippen LogP contribution in [0.2, 0.25) is 0 Å². The molecule has 0 aliphatic rings. The first-order valence-corrected chi connectivity index (χ1v) is 5.76. The van der Waals surface area contributed by atoms with Crippen molar-refractivity contribution in [3.05, 3.63) is 69.5 Å². The van der Waals surface area contributed by atoms with Gasteiger partial charge in [0, 0.05) is 23.4 Å². The number of rotatable bonds is 4. The van der Waals surface area contributed by atoms with Crippen LogP contribution in [0.15, 0.2) is 42.6 Å². The summed E-state index contributed by atoms with van der Waals surface area (Å²) in [6.45, 7) is 1.62. The molecule has 19 heavy (non-hydrogen) atoms. The molecule has 0 fully saturated rings. The van der Waals surface area contributed by atoms with E-state index < -0.39 is 4.92 Å². The summed E-state index contributed by atoms with van der Waals surface area (Å²) < 4.78 is 0. The zero-order valence-corrected chi connectivity index (χ0v) is 10.4. The molecule has 1 aromatic carbocycles. The lowest BCUT2D eigenvalue weighted by molar-refractivity contribution is -0.385. The Morgan fingerprint density at radius 3 is 2.63 bits per heavy atom. The Balaban J connectivity index is 2.23. The SMILES string of the molecule is Cc1cnc(CC(=O)c2ccccc2)cc1[N+](=O)[O-]. The van der Waals surface area contributed by atoms with Gasteiger partial charge >= 0.3 is 0 Å². The first-order chi connectivity index (χ1) is 9.08. The number of nitrogens with zero attached hydrogens (tertiary/aromatic N) is 2. The quantitative estimate of drug-likeness (QED) is 0.479. The highest BCUT2D eigenvalue weighted by atomic mass is 16.6. The number of hydrogen-bond acceptors (Lipinski definition) is 4. The fraction of sp³-hybridized carbons (Fsp3) is 0.143. The second kappa shape index (κ2) is 5.39. The van der Waals surface area contributed by atoms with Gasteiger partial charge in [0.15, 0.2) is 5.78 Å². The van der Waals surface area contributed by atoms with Crippen molar-refractivity contribution in [2.75, 3.05) is 0 Å². The summed E-state index contributed by atoms with van der Waals surface area (Å²) in [5.41, 5.74) is 1.46. The molecule has 2 aromatic rings. The highest BCUT2D eigenvalue weighted by Gasteiger charge is 2.14. The molecule has 0 aliphatic heterocycles. The Kier molecular flexibility index (Phi) is 3.66. The van der Waals surface area contributed by atoms with E-state index in [1.807, 2.05) is 6.07 Å². The van der Waals surface area contributed by atoms with Gasteiger partial charge in [0.1, 0.15) is 0 Å². The molecule has 5 nitrogen and oxygen atoms in total. The van der Waals surface area contributed by atoms with E-state index in [-0.39, 0.29) is 17.9 Å². The number of ketones is 1. The number of benzene rings is 1. The molecule has 0 aliphatic carbocycles. The molecule has 0 unspecified atom stereocenters. The van der Waals surface area contributed by atoms with Gasteiger partial charge in [-0.2, -0.15) is 0 Å². The summed E-state index contributed by atoms with van der Waals surface area (Å²) in [5, 5.41) is 10.8. The van der Waals surface area contributed by atoms with Gasteiger partial charge in [-0.15, -0.1) is 0 Å². The number of carbonyl (C=O) groups is 1. The monoisotopic (exact) mass is 256 g/mol. The molecular formula is C14H12N2O3. The maximum Gasteiger partial charge on any atom is 0.275 e. The third kappa shape index (κ3) is 3.01. The molecule has 0 radical (unpaired) electrons. The molecule has 1 aromatic heterocycles. The number of Topliss-reactive ketones (excluding diaryl/α,β-unsaturated/α-hetero) is 1. The summed E-state index contributed by atoms with van der Waals surface area (Å²) in [6.07, 6.45) is 1.48. The smallest absolute Gasteiger partial charge is 0.275 e. The molecule has 1 heterocycles. The van der Waals surface area contributed by atoms with Gasteiger partial charge in [-0.25, -0.2) is 0 Å². The van der Waals surface area contributed by atoms with Crippen molar-refractivity contribution in [3.63, 3.8) is 0 Å². The Labute approximate surface area is 110 Å². The zero-order chi connectivity index (χ0) is 13.8. The predicted octanol–water partition coefficient (Wildman–Crippen LogP) is 2.72. The van der Waals surface area contributed by atoms with E-state index >= 15 is 0 Å². The molecule has 0 saturated carbocycles. The van der Waals surface area contributed by atoms with Gasteiger partial charge < -0.3 is 0 Å². The van der Waals surface area contributed by atoms with Gasteiger partial charge in [-0.1, -0.05) is 30.3 Å². The third-order valence-electron chi connectivity index (χ3n) is 2.77. The maximum atomic E-state index is 12.0. The Bertz CT molecular complexity index is 624. The molecule has 0 atom stereocenters. The molecule has 0 saturated heterocycles. The van der Waals surface area contributed by atoms with E-state index in [9.17, 15) is 14.9 Å². The van der Waals surface area contributed by atoms with Gasteiger partial charge in [0.05, 0.1) is 17.0 Å².